The van der Waals surface area contributed by atoms with E-state index < -0.39 is 0 Å². The maximum Gasteiger partial charge on any atom is 0.226 e. The molecule has 1 saturated carbocycles. The fraction of sp³-hybridized carbons (Fsp3) is 0.667. The number of hydrogen-bond acceptors (Lipinski definition) is 4. The van der Waals surface area contributed by atoms with Gasteiger partial charge in [0.15, 0.2) is 0 Å². The number of nitrogens with zero attached hydrogens (tertiary/aromatic N) is 2. The molecule has 28 heavy (non-hydrogen) atoms. The Bertz CT molecular complexity index is 707. The lowest BCUT2D eigenvalue weighted by Gasteiger charge is -2.41. The van der Waals surface area contributed by atoms with Crippen molar-refractivity contribution in [2.75, 3.05) is 31.1 Å². The summed E-state index contributed by atoms with van der Waals surface area (Å²) in [6.07, 6.45) is 5.78. The van der Waals surface area contributed by atoms with Crippen LogP contribution < -0.4 is 10.6 Å². The van der Waals surface area contributed by atoms with Crippen LogP contribution in [0.2, 0.25) is 5.02 Å². The summed E-state index contributed by atoms with van der Waals surface area (Å²) in [6.45, 7) is 2.85. The fourth-order valence-corrected chi connectivity index (χ4v) is 4.60. The number of hydrogen-bond donors (Lipinski definition) is 1. The van der Waals surface area contributed by atoms with Crippen LogP contribution in [-0.4, -0.2) is 55.2 Å². The molecule has 1 aromatic carbocycles. The number of rotatable bonds is 5. The van der Waals surface area contributed by atoms with Crippen LogP contribution in [0.3, 0.4) is 0 Å². The van der Waals surface area contributed by atoms with Gasteiger partial charge in [0.25, 0.3) is 0 Å². The number of nitrogens with two attached hydrogens (primary N) is 1. The van der Waals surface area contributed by atoms with Gasteiger partial charge >= 0.3 is 0 Å². The maximum absolute atomic E-state index is 13.6. The van der Waals surface area contributed by atoms with Crippen molar-refractivity contribution in [3.8, 4) is 0 Å². The predicted octanol–water partition coefficient (Wildman–Crippen LogP) is 3.19. The number of carbonyl (C=O) groups excluding carboxylic acids is 1. The molecule has 1 aromatic rings. The largest absolute Gasteiger partial charge is 0.376 e. The van der Waals surface area contributed by atoms with Gasteiger partial charge in [0.2, 0.25) is 5.91 Å². The van der Waals surface area contributed by atoms with Crippen LogP contribution in [0.5, 0.6) is 0 Å². The molecule has 1 aliphatic carbocycles. The topological polar surface area (TPSA) is 58.8 Å². The summed E-state index contributed by atoms with van der Waals surface area (Å²) >= 11 is 6.23. The molecule has 0 aromatic heterocycles. The Labute approximate surface area is 170 Å². The zero-order chi connectivity index (χ0) is 19.7. The molecule has 1 amide bonds. The summed E-state index contributed by atoms with van der Waals surface area (Å²) in [5, 5.41) is 0.572. The van der Waals surface area contributed by atoms with Gasteiger partial charge in [-0.1, -0.05) is 11.6 Å². The van der Waals surface area contributed by atoms with Crippen LogP contribution >= 0.6 is 11.6 Å². The van der Waals surface area contributed by atoms with E-state index in [0.717, 1.165) is 63.8 Å². The van der Waals surface area contributed by atoms with E-state index in [1.807, 2.05) is 4.90 Å². The molecule has 2 N–H and O–H groups in total. The molecule has 2 saturated heterocycles. The van der Waals surface area contributed by atoms with Crippen LogP contribution in [0.4, 0.5) is 10.1 Å². The lowest BCUT2D eigenvalue weighted by Crippen LogP contribution is -2.57. The molecule has 3 fully saturated rings. The highest BCUT2D eigenvalue weighted by molar-refractivity contribution is 6.33. The summed E-state index contributed by atoms with van der Waals surface area (Å²) in [5.41, 5.74) is 7.09. The van der Waals surface area contributed by atoms with Crippen molar-refractivity contribution in [1.82, 2.24) is 4.90 Å². The highest BCUT2D eigenvalue weighted by atomic mass is 35.5. The summed E-state index contributed by atoms with van der Waals surface area (Å²) < 4.78 is 19.8. The zero-order valence-electron chi connectivity index (χ0n) is 16.2. The molecule has 2 atom stereocenters. The molecule has 5 nitrogen and oxygen atoms in total. The van der Waals surface area contributed by atoms with Crippen LogP contribution in [-0.2, 0) is 9.53 Å². The van der Waals surface area contributed by atoms with E-state index in [4.69, 9.17) is 22.1 Å². The van der Waals surface area contributed by atoms with Gasteiger partial charge in [0.1, 0.15) is 5.82 Å². The Morgan fingerprint density at radius 1 is 1.18 bits per heavy atom. The van der Waals surface area contributed by atoms with E-state index >= 15 is 0 Å². The van der Waals surface area contributed by atoms with Crippen LogP contribution in [0.25, 0.3) is 0 Å². The second-order valence-corrected chi connectivity index (χ2v) is 8.70. The number of piperidine rings is 2. The quantitative estimate of drug-likeness (QED) is 0.811. The summed E-state index contributed by atoms with van der Waals surface area (Å²) in [6, 6.07) is 4.45. The standard InChI is InChI=1S/C21H29ClFN3O2/c22-17-6-5-15(23)12-19(17)25-10-7-16(8-11-25)28-13-20-18(24)2-1-9-26(20)21(27)14-3-4-14/h5-6,12,14,16,18,20H,1-4,7-11,13,24H2. The van der Waals surface area contributed by atoms with Gasteiger partial charge in [-0.2, -0.15) is 0 Å². The predicted molar refractivity (Wildman–Crippen MR) is 108 cm³/mol. The fourth-order valence-electron chi connectivity index (χ4n) is 4.36. The minimum Gasteiger partial charge on any atom is -0.376 e. The number of benzene rings is 1. The lowest BCUT2D eigenvalue weighted by molar-refractivity contribution is -0.139. The molecule has 2 aliphatic heterocycles. The van der Waals surface area contributed by atoms with Gasteiger partial charge in [-0.25, -0.2) is 4.39 Å². The van der Waals surface area contributed by atoms with E-state index in [1.165, 1.54) is 12.1 Å². The molecular formula is C21H29ClFN3O2. The van der Waals surface area contributed by atoms with E-state index in [1.54, 1.807) is 6.07 Å². The Hall–Kier alpha value is -1.37. The molecule has 4 rings (SSSR count). The number of halogens is 2. The van der Waals surface area contributed by atoms with Crippen molar-refractivity contribution in [3.63, 3.8) is 0 Å². The Morgan fingerprint density at radius 3 is 2.64 bits per heavy atom. The van der Waals surface area contributed by atoms with Gasteiger partial charge < -0.3 is 20.3 Å². The first kappa shape index (κ1) is 19.9. The summed E-state index contributed by atoms with van der Waals surface area (Å²) in [7, 11) is 0. The van der Waals surface area contributed by atoms with Crippen molar-refractivity contribution in [1.29, 1.82) is 0 Å². The number of ether oxygens (including phenoxy) is 1. The lowest BCUT2D eigenvalue weighted by atomic mass is 9.96. The van der Waals surface area contributed by atoms with E-state index in [9.17, 15) is 9.18 Å². The van der Waals surface area contributed by atoms with Gasteiger partial charge in [-0.05, 0) is 56.7 Å². The van der Waals surface area contributed by atoms with Crippen molar-refractivity contribution >= 4 is 23.2 Å². The van der Waals surface area contributed by atoms with E-state index in [2.05, 4.69) is 4.90 Å². The third kappa shape index (κ3) is 4.44. The Balaban J connectivity index is 1.30. The van der Waals surface area contributed by atoms with Gasteiger partial charge in [0, 0.05) is 31.6 Å². The number of carbonyl (C=O) groups is 1. The van der Waals surface area contributed by atoms with Crippen LogP contribution in [0.1, 0.15) is 38.5 Å². The first-order chi connectivity index (χ1) is 13.5. The van der Waals surface area contributed by atoms with Gasteiger partial charge in [-0.3, -0.25) is 4.79 Å². The monoisotopic (exact) mass is 409 g/mol. The first-order valence-electron chi connectivity index (χ1n) is 10.4. The maximum atomic E-state index is 13.6. The second-order valence-electron chi connectivity index (χ2n) is 8.29. The summed E-state index contributed by atoms with van der Waals surface area (Å²) in [4.78, 5) is 16.7. The highest BCUT2D eigenvalue weighted by Gasteiger charge is 2.40. The number of amides is 1. The zero-order valence-corrected chi connectivity index (χ0v) is 16.9. The van der Waals surface area contributed by atoms with Gasteiger partial charge in [0.05, 0.1) is 29.5 Å². The summed E-state index contributed by atoms with van der Waals surface area (Å²) in [5.74, 6) is 0.204. The van der Waals surface area contributed by atoms with Crippen molar-refractivity contribution in [2.24, 2.45) is 11.7 Å². The first-order valence-corrected chi connectivity index (χ1v) is 10.8. The van der Waals surface area contributed by atoms with Gasteiger partial charge in [-0.15, -0.1) is 0 Å². The van der Waals surface area contributed by atoms with Crippen LogP contribution in [0.15, 0.2) is 18.2 Å². The molecule has 3 aliphatic rings. The average Bonchev–Trinajstić information content (AvgIpc) is 3.54. The smallest absolute Gasteiger partial charge is 0.226 e. The van der Waals surface area contributed by atoms with Crippen LogP contribution in [0, 0.1) is 11.7 Å². The Kier molecular flexibility index (Phi) is 6.09. The molecule has 7 heteroatoms. The third-order valence-corrected chi connectivity index (χ3v) is 6.55. The molecule has 154 valence electrons. The average molecular weight is 410 g/mol. The SMILES string of the molecule is NC1CCCN(C(=O)C2CC2)C1COC1CCN(c2cc(F)ccc2Cl)CC1. The van der Waals surface area contributed by atoms with Crippen molar-refractivity contribution in [2.45, 2.75) is 56.7 Å². The minimum absolute atomic E-state index is 0.0114. The van der Waals surface area contributed by atoms with E-state index in [-0.39, 0.29) is 35.8 Å². The minimum atomic E-state index is -0.274. The molecular weight excluding hydrogens is 381 g/mol. The van der Waals surface area contributed by atoms with E-state index in [0.29, 0.717) is 11.6 Å². The molecule has 0 radical (unpaired) electrons. The highest BCUT2D eigenvalue weighted by Crippen LogP contribution is 2.34. The normalized spacial score (nSPS) is 26.5. The second kappa shape index (κ2) is 8.56. The third-order valence-electron chi connectivity index (χ3n) is 6.23. The van der Waals surface area contributed by atoms with Crippen molar-refractivity contribution in [3.05, 3.63) is 29.0 Å². The number of likely N-dealkylation sites (tertiary alicyclic amines) is 1. The van der Waals surface area contributed by atoms with Crippen molar-refractivity contribution < 1.29 is 13.9 Å². The Morgan fingerprint density at radius 2 is 1.93 bits per heavy atom. The molecule has 2 heterocycles. The number of anilines is 1. The molecule has 2 unspecified atom stereocenters. The molecule has 0 bridgehead atoms. The molecule has 0 spiro atoms.